The SMILES string of the molecule is CCCc1nc(C(C)(C)O)c(C(=O)OCc2oc(=O)oc2C)n1Cc1ccc(-c2ccccc2/C(N)=N/N(N)C(c2ccccc2)(c2ccccc2)c2ccccc2)cc1. The normalized spacial score (nSPS) is 12.1. The summed E-state index contributed by atoms with van der Waals surface area (Å²) in [4.78, 5) is 30.1. The van der Waals surface area contributed by atoms with Gasteiger partial charge in [-0.1, -0.05) is 146 Å². The Morgan fingerprint density at radius 1 is 0.833 bits per heavy atom. The predicted octanol–water partition coefficient (Wildman–Crippen LogP) is 7.78. The van der Waals surface area contributed by atoms with Crippen LogP contribution in [0.3, 0.4) is 0 Å². The third-order valence-corrected chi connectivity index (χ3v) is 10.4. The first-order valence-electron chi connectivity index (χ1n) is 19.7. The predicted molar refractivity (Wildman–Crippen MR) is 230 cm³/mol. The van der Waals surface area contributed by atoms with E-state index >= 15 is 0 Å². The highest BCUT2D eigenvalue weighted by molar-refractivity contribution is 6.03. The van der Waals surface area contributed by atoms with Gasteiger partial charge in [-0.25, -0.2) is 25.5 Å². The number of benzene rings is 5. The van der Waals surface area contributed by atoms with E-state index in [0.29, 0.717) is 17.8 Å². The first kappa shape index (κ1) is 41.2. The van der Waals surface area contributed by atoms with E-state index in [4.69, 9.17) is 35.2 Å². The fourth-order valence-corrected chi connectivity index (χ4v) is 7.53. The molecular weight excluding hydrogens is 757 g/mol. The highest BCUT2D eigenvalue weighted by Gasteiger charge is 2.42. The number of carbonyl (C=O) groups is 1. The molecule has 0 amide bonds. The molecule has 0 saturated heterocycles. The highest BCUT2D eigenvalue weighted by Crippen LogP contribution is 2.41. The molecule has 5 aromatic carbocycles. The minimum atomic E-state index is -1.46. The van der Waals surface area contributed by atoms with Gasteiger partial charge in [0.1, 0.15) is 22.7 Å². The van der Waals surface area contributed by atoms with E-state index < -0.39 is 22.9 Å². The summed E-state index contributed by atoms with van der Waals surface area (Å²) in [6, 6.07) is 45.7. The molecular formula is C48H48N6O6. The van der Waals surface area contributed by atoms with Crippen LogP contribution in [0.15, 0.2) is 158 Å². The van der Waals surface area contributed by atoms with Crippen molar-refractivity contribution in [1.82, 2.24) is 14.7 Å². The van der Waals surface area contributed by atoms with Crippen LogP contribution in [0.1, 0.15) is 88.5 Å². The monoisotopic (exact) mass is 804 g/mol. The molecule has 12 heteroatoms. The zero-order chi connectivity index (χ0) is 42.4. The van der Waals surface area contributed by atoms with Crippen molar-refractivity contribution in [3.05, 3.63) is 207 Å². The van der Waals surface area contributed by atoms with Gasteiger partial charge in [0, 0.05) is 18.5 Å². The van der Waals surface area contributed by atoms with Gasteiger partial charge in [0.05, 0.1) is 0 Å². The second kappa shape index (κ2) is 17.5. The number of aliphatic hydroxyl groups is 1. The molecule has 0 bridgehead atoms. The lowest BCUT2D eigenvalue weighted by molar-refractivity contribution is 0.0395. The van der Waals surface area contributed by atoms with Gasteiger partial charge in [-0.15, -0.1) is 5.10 Å². The van der Waals surface area contributed by atoms with Crippen molar-refractivity contribution in [3.8, 4) is 11.1 Å². The Morgan fingerprint density at radius 2 is 1.38 bits per heavy atom. The molecule has 12 nitrogen and oxygen atoms in total. The van der Waals surface area contributed by atoms with Gasteiger partial charge in [-0.05, 0) is 60.6 Å². The Bertz CT molecular complexity index is 2550. The summed E-state index contributed by atoms with van der Waals surface area (Å²) in [5.41, 5.74) is 10.7. The largest absolute Gasteiger partial charge is 0.519 e. The van der Waals surface area contributed by atoms with E-state index in [1.807, 2.05) is 146 Å². The molecule has 0 aliphatic carbocycles. The lowest BCUT2D eigenvalue weighted by atomic mass is 9.77. The number of aryl methyl sites for hydroxylation is 2. The Hall–Kier alpha value is -7.02. The molecule has 0 aliphatic rings. The summed E-state index contributed by atoms with van der Waals surface area (Å²) in [7, 11) is 0. The number of hydrazone groups is 1. The first-order chi connectivity index (χ1) is 28.9. The van der Waals surface area contributed by atoms with Gasteiger partial charge in [-0.3, -0.25) is 0 Å². The Labute approximate surface area is 348 Å². The molecule has 0 saturated carbocycles. The fourth-order valence-electron chi connectivity index (χ4n) is 7.53. The van der Waals surface area contributed by atoms with Crippen molar-refractivity contribution < 1.29 is 23.5 Å². The third-order valence-electron chi connectivity index (χ3n) is 10.4. The number of rotatable bonds is 15. The second-order valence-electron chi connectivity index (χ2n) is 15.0. The van der Waals surface area contributed by atoms with Gasteiger partial charge < -0.3 is 29.0 Å². The van der Waals surface area contributed by atoms with E-state index in [1.54, 1.807) is 25.3 Å². The number of amidine groups is 1. The molecule has 7 aromatic rings. The summed E-state index contributed by atoms with van der Waals surface area (Å²) in [5, 5.41) is 17.5. The van der Waals surface area contributed by atoms with E-state index in [0.717, 1.165) is 39.8 Å². The van der Waals surface area contributed by atoms with E-state index in [2.05, 4.69) is 0 Å². The van der Waals surface area contributed by atoms with Crippen LogP contribution in [-0.2, 0) is 35.4 Å². The van der Waals surface area contributed by atoms with E-state index in [1.165, 1.54) is 5.12 Å². The lowest BCUT2D eigenvalue weighted by Crippen LogP contribution is -2.50. The van der Waals surface area contributed by atoms with Crippen molar-refractivity contribution in [2.75, 3.05) is 0 Å². The molecule has 0 aliphatic heterocycles. The number of nitrogens with zero attached hydrogens (tertiary/aromatic N) is 4. The quantitative estimate of drug-likeness (QED) is 0.0232. The summed E-state index contributed by atoms with van der Waals surface area (Å²) >= 11 is 0. The summed E-state index contributed by atoms with van der Waals surface area (Å²) < 4.78 is 17.3. The average Bonchev–Trinajstić information content (AvgIpc) is 3.79. The van der Waals surface area contributed by atoms with Crippen molar-refractivity contribution in [2.45, 2.75) is 64.8 Å². The maximum absolute atomic E-state index is 13.8. The molecule has 306 valence electrons. The minimum absolute atomic E-state index is 0.0987. The zero-order valence-electron chi connectivity index (χ0n) is 34.0. The van der Waals surface area contributed by atoms with Gasteiger partial charge >= 0.3 is 11.8 Å². The summed E-state index contributed by atoms with van der Waals surface area (Å²) in [6.45, 7) is 6.63. The molecule has 0 spiro atoms. The van der Waals surface area contributed by atoms with Crippen LogP contribution in [0, 0.1) is 6.92 Å². The molecule has 2 heterocycles. The van der Waals surface area contributed by atoms with Crippen molar-refractivity contribution in [1.29, 1.82) is 0 Å². The Kier molecular flexibility index (Phi) is 12.0. The zero-order valence-corrected chi connectivity index (χ0v) is 34.0. The maximum atomic E-state index is 13.8. The number of esters is 1. The van der Waals surface area contributed by atoms with Gasteiger partial charge in [0.15, 0.2) is 29.7 Å². The molecule has 7 rings (SSSR count). The molecule has 0 unspecified atom stereocenters. The van der Waals surface area contributed by atoms with Crippen molar-refractivity contribution in [2.24, 2.45) is 16.7 Å². The maximum Gasteiger partial charge on any atom is 0.519 e. The van der Waals surface area contributed by atoms with Gasteiger partial charge in [-0.2, -0.15) is 0 Å². The number of aromatic nitrogens is 2. The molecule has 0 radical (unpaired) electrons. The van der Waals surface area contributed by atoms with Crippen LogP contribution in [0.4, 0.5) is 0 Å². The second-order valence-corrected chi connectivity index (χ2v) is 15.0. The van der Waals surface area contributed by atoms with Crippen LogP contribution in [0.2, 0.25) is 0 Å². The molecule has 60 heavy (non-hydrogen) atoms. The van der Waals surface area contributed by atoms with Crippen molar-refractivity contribution in [3.63, 3.8) is 0 Å². The van der Waals surface area contributed by atoms with Gasteiger partial charge in [0.2, 0.25) is 0 Å². The minimum Gasteiger partial charge on any atom is -0.453 e. The van der Waals surface area contributed by atoms with Crippen LogP contribution < -0.4 is 17.4 Å². The lowest BCUT2D eigenvalue weighted by Gasteiger charge is -2.41. The number of hydrogen-bond donors (Lipinski definition) is 3. The number of imidazole rings is 1. The van der Waals surface area contributed by atoms with E-state index in [9.17, 15) is 14.7 Å². The standard InChI is InChI=1S/C48H48N6O6/c1-5-17-41-51-43(47(3,4)57)42(45(55)58-31-40-32(2)59-46(56)60-40)53(41)30-33-26-28-34(29-27-33)38-24-15-16-25-39(38)44(49)52-54(50)48(35-18-9-6-10-19-35,36-20-11-7-12-21-36)37-22-13-8-14-23-37/h6-16,18-29,57H,5,17,30-31,50H2,1-4H3,(H2,49,52). The van der Waals surface area contributed by atoms with Crippen molar-refractivity contribution >= 4 is 11.8 Å². The molecule has 0 fully saturated rings. The molecule has 5 N–H and O–H groups in total. The third kappa shape index (κ3) is 8.28. The average molecular weight is 805 g/mol. The van der Waals surface area contributed by atoms with Gasteiger partial charge in [0.25, 0.3) is 0 Å². The van der Waals surface area contributed by atoms with Crippen LogP contribution in [-0.4, -0.2) is 31.6 Å². The summed E-state index contributed by atoms with van der Waals surface area (Å²) in [6.07, 6.45) is 1.30. The number of ether oxygens (including phenoxy) is 1. The van der Waals surface area contributed by atoms with Crippen LogP contribution >= 0.6 is 0 Å². The topological polar surface area (TPSA) is 175 Å². The number of carbonyl (C=O) groups excluding carboxylic acids is 1. The first-order valence-corrected chi connectivity index (χ1v) is 19.7. The smallest absolute Gasteiger partial charge is 0.453 e. The number of hydrazine groups is 1. The molecule has 2 aromatic heterocycles. The van der Waals surface area contributed by atoms with E-state index in [-0.39, 0.29) is 41.9 Å². The molecule has 0 atom stereocenters. The van der Waals surface area contributed by atoms with Crippen LogP contribution in [0.25, 0.3) is 11.1 Å². The Morgan fingerprint density at radius 3 is 1.90 bits per heavy atom. The highest BCUT2D eigenvalue weighted by atomic mass is 16.6. The summed E-state index contributed by atoms with van der Waals surface area (Å²) in [5.74, 6) is 6.65. The fraction of sp³-hybridized carbons (Fsp3) is 0.208. The Balaban J connectivity index is 1.23. The number of hydrogen-bond acceptors (Lipinski definition) is 10. The number of nitrogens with two attached hydrogens (primary N) is 2. The van der Waals surface area contributed by atoms with Crippen LogP contribution in [0.5, 0.6) is 0 Å².